The number of carbonyl (C=O) groups excluding carboxylic acids is 1. The van der Waals surface area contributed by atoms with E-state index in [9.17, 15) is 13.6 Å². The van der Waals surface area contributed by atoms with Crippen LogP contribution in [0.1, 0.15) is 36.0 Å². The Morgan fingerprint density at radius 2 is 1.94 bits per heavy atom. The van der Waals surface area contributed by atoms with E-state index in [1.54, 1.807) is 0 Å². The summed E-state index contributed by atoms with van der Waals surface area (Å²) in [5, 5.41) is 0.909. The minimum atomic E-state index is -0.773. The van der Waals surface area contributed by atoms with Gasteiger partial charge in [0.15, 0.2) is 5.78 Å². The number of carbonyl (C=O) groups is 1. The maximum Gasteiger partial charge on any atom is 0.165 e. The smallest absolute Gasteiger partial charge is 0.165 e. The highest BCUT2D eigenvalue weighted by molar-refractivity contribution is 9.09. The summed E-state index contributed by atoms with van der Waals surface area (Å²) in [5.74, 6) is -1.69. The van der Waals surface area contributed by atoms with E-state index in [0.717, 1.165) is 36.7 Å². The van der Waals surface area contributed by atoms with Gasteiger partial charge in [0.25, 0.3) is 0 Å². The number of alkyl halides is 1. The van der Waals surface area contributed by atoms with E-state index in [2.05, 4.69) is 15.9 Å². The maximum atomic E-state index is 13.2. The molecule has 88 valence electrons. The fourth-order valence-electron chi connectivity index (χ4n) is 1.41. The predicted molar refractivity (Wildman–Crippen MR) is 63.0 cm³/mol. The molecular formula is C12H13BrF2O. The SMILES string of the molecule is O=C(CCCCCBr)c1ccc(F)cc1F. The first kappa shape index (κ1) is 13.3. The normalized spacial score (nSPS) is 10.4. The summed E-state index contributed by atoms with van der Waals surface area (Å²) in [6.07, 6.45) is 2.98. The number of unbranched alkanes of at least 4 members (excludes halogenated alkanes) is 2. The zero-order chi connectivity index (χ0) is 12.0. The molecule has 0 aliphatic carbocycles. The van der Waals surface area contributed by atoms with E-state index in [1.807, 2.05) is 0 Å². The lowest BCUT2D eigenvalue weighted by molar-refractivity contribution is 0.0975. The van der Waals surface area contributed by atoms with Crippen LogP contribution in [0.3, 0.4) is 0 Å². The Morgan fingerprint density at radius 1 is 1.19 bits per heavy atom. The molecule has 0 unspecified atom stereocenters. The summed E-state index contributed by atoms with van der Waals surface area (Å²) in [6.45, 7) is 0. The third kappa shape index (κ3) is 4.00. The largest absolute Gasteiger partial charge is 0.294 e. The molecule has 1 rings (SSSR count). The summed E-state index contributed by atoms with van der Waals surface area (Å²) >= 11 is 3.29. The Labute approximate surface area is 102 Å². The van der Waals surface area contributed by atoms with Crippen LogP contribution in [0.4, 0.5) is 8.78 Å². The highest BCUT2D eigenvalue weighted by atomic mass is 79.9. The number of hydrogen-bond acceptors (Lipinski definition) is 1. The summed E-state index contributed by atoms with van der Waals surface area (Å²) in [6, 6.07) is 3.05. The molecule has 16 heavy (non-hydrogen) atoms. The molecule has 0 fully saturated rings. The van der Waals surface area contributed by atoms with E-state index in [4.69, 9.17) is 0 Å². The van der Waals surface area contributed by atoms with Gasteiger partial charge in [-0.3, -0.25) is 4.79 Å². The van der Waals surface area contributed by atoms with Crippen LogP contribution in [0.5, 0.6) is 0 Å². The van der Waals surface area contributed by atoms with Crippen LogP contribution >= 0.6 is 15.9 Å². The lowest BCUT2D eigenvalue weighted by atomic mass is 10.0. The van der Waals surface area contributed by atoms with Crippen LogP contribution < -0.4 is 0 Å². The first-order valence-electron chi connectivity index (χ1n) is 5.19. The molecule has 0 heterocycles. The van der Waals surface area contributed by atoms with E-state index in [1.165, 1.54) is 6.07 Å². The number of Topliss-reactive ketones (excluding diaryl/α,β-unsaturated/α-hetero) is 1. The Balaban J connectivity index is 2.53. The van der Waals surface area contributed by atoms with Crippen molar-refractivity contribution in [2.45, 2.75) is 25.7 Å². The van der Waals surface area contributed by atoms with Gasteiger partial charge in [0, 0.05) is 17.8 Å². The van der Waals surface area contributed by atoms with Gasteiger partial charge in [0.2, 0.25) is 0 Å². The summed E-state index contributed by atoms with van der Waals surface area (Å²) in [7, 11) is 0. The van der Waals surface area contributed by atoms with Crippen molar-refractivity contribution in [3.63, 3.8) is 0 Å². The van der Waals surface area contributed by atoms with Gasteiger partial charge in [-0.25, -0.2) is 8.78 Å². The Hall–Kier alpha value is -0.770. The molecule has 0 aliphatic heterocycles. The van der Waals surface area contributed by atoms with Gasteiger partial charge < -0.3 is 0 Å². The summed E-state index contributed by atoms with van der Waals surface area (Å²) < 4.78 is 25.8. The Morgan fingerprint density at radius 3 is 2.56 bits per heavy atom. The van der Waals surface area contributed by atoms with Crippen LogP contribution in [-0.2, 0) is 0 Å². The molecule has 0 saturated heterocycles. The van der Waals surface area contributed by atoms with Crippen molar-refractivity contribution in [1.29, 1.82) is 0 Å². The second-order valence-electron chi connectivity index (χ2n) is 3.55. The van der Waals surface area contributed by atoms with E-state index in [0.29, 0.717) is 6.42 Å². The van der Waals surface area contributed by atoms with Crippen molar-refractivity contribution in [3.05, 3.63) is 35.4 Å². The van der Waals surface area contributed by atoms with Gasteiger partial charge in [-0.05, 0) is 25.0 Å². The Kier molecular flexibility index (Phi) is 5.60. The zero-order valence-electron chi connectivity index (χ0n) is 8.81. The van der Waals surface area contributed by atoms with Gasteiger partial charge in [-0.1, -0.05) is 22.4 Å². The number of benzene rings is 1. The van der Waals surface area contributed by atoms with Gasteiger partial charge in [0.05, 0.1) is 5.56 Å². The molecule has 1 nitrogen and oxygen atoms in total. The van der Waals surface area contributed by atoms with Gasteiger partial charge >= 0.3 is 0 Å². The van der Waals surface area contributed by atoms with Crippen LogP contribution in [0, 0.1) is 11.6 Å². The van der Waals surface area contributed by atoms with Crippen molar-refractivity contribution >= 4 is 21.7 Å². The quantitative estimate of drug-likeness (QED) is 0.438. The molecule has 4 heteroatoms. The summed E-state index contributed by atoms with van der Waals surface area (Å²) in [5.41, 5.74) is -0.0137. The lowest BCUT2D eigenvalue weighted by Crippen LogP contribution is -2.02. The van der Waals surface area contributed by atoms with E-state index < -0.39 is 11.6 Å². The molecule has 0 atom stereocenters. The molecule has 0 aliphatic rings. The minimum Gasteiger partial charge on any atom is -0.294 e. The molecular weight excluding hydrogens is 278 g/mol. The van der Waals surface area contributed by atoms with Gasteiger partial charge in [-0.15, -0.1) is 0 Å². The number of ketones is 1. The first-order valence-corrected chi connectivity index (χ1v) is 6.31. The molecule has 0 spiro atoms. The van der Waals surface area contributed by atoms with Crippen LogP contribution in [-0.4, -0.2) is 11.1 Å². The van der Waals surface area contributed by atoms with Crippen molar-refractivity contribution in [3.8, 4) is 0 Å². The van der Waals surface area contributed by atoms with Crippen molar-refractivity contribution in [2.24, 2.45) is 0 Å². The van der Waals surface area contributed by atoms with Gasteiger partial charge in [0.1, 0.15) is 11.6 Å². The Bertz CT molecular complexity index is 366. The highest BCUT2D eigenvalue weighted by Crippen LogP contribution is 2.14. The lowest BCUT2D eigenvalue weighted by Gasteiger charge is -2.02. The van der Waals surface area contributed by atoms with Crippen molar-refractivity contribution < 1.29 is 13.6 Å². The third-order valence-electron chi connectivity index (χ3n) is 2.27. The fraction of sp³-hybridized carbons (Fsp3) is 0.417. The second-order valence-corrected chi connectivity index (χ2v) is 4.34. The van der Waals surface area contributed by atoms with E-state index in [-0.39, 0.29) is 11.3 Å². The maximum absolute atomic E-state index is 13.2. The minimum absolute atomic E-state index is 0.0137. The van der Waals surface area contributed by atoms with E-state index >= 15 is 0 Å². The molecule has 0 N–H and O–H groups in total. The molecule has 0 radical (unpaired) electrons. The molecule has 1 aromatic carbocycles. The molecule has 0 bridgehead atoms. The molecule has 0 saturated carbocycles. The van der Waals surface area contributed by atoms with Crippen LogP contribution in [0.25, 0.3) is 0 Å². The third-order valence-corrected chi connectivity index (χ3v) is 2.83. The monoisotopic (exact) mass is 290 g/mol. The zero-order valence-corrected chi connectivity index (χ0v) is 10.4. The standard InChI is InChI=1S/C12H13BrF2O/c13-7-3-1-2-4-12(16)10-6-5-9(14)8-11(10)15/h5-6,8H,1-4,7H2. The predicted octanol–water partition coefficient (Wildman–Crippen LogP) is 4.10. The highest BCUT2D eigenvalue weighted by Gasteiger charge is 2.11. The van der Waals surface area contributed by atoms with Crippen molar-refractivity contribution in [2.75, 3.05) is 5.33 Å². The number of halogens is 3. The molecule has 0 amide bonds. The summed E-state index contributed by atoms with van der Waals surface area (Å²) in [4.78, 5) is 11.6. The number of rotatable bonds is 6. The average molecular weight is 291 g/mol. The first-order chi connectivity index (χ1) is 7.65. The fourth-order valence-corrected chi connectivity index (χ4v) is 1.80. The van der Waals surface area contributed by atoms with Gasteiger partial charge in [-0.2, -0.15) is 0 Å². The number of hydrogen-bond donors (Lipinski definition) is 0. The average Bonchev–Trinajstić information content (AvgIpc) is 2.24. The second kappa shape index (κ2) is 6.74. The van der Waals surface area contributed by atoms with Crippen LogP contribution in [0.2, 0.25) is 0 Å². The molecule has 1 aromatic rings. The van der Waals surface area contributed by atoms with Crippen molar-refractivity contribution in [1.82, 2.24) is 0 Å². The molecule has 0 aromatic heterocycles. The van der Waals surface area contributed by atoms with Crippen LogP contribution in [0.15, 0.2) is 18.2 Å². The topological polar surface area (TPSA) is 17.1 Å².